The van der Waals surface area contributed by atoms with Gasteiger partial charge in [-0.3, -0.25) is 4.98 Å². The second-order valence-electron chi connectivity index (χ2n) is 7.42. The first-order chi connectivity index (χ1) is 15.0. The molecule has 4 N–H and O–H groups in total. The van der Waals surface area contributed by atoms with Crippen LogP contribution in [-0.4, -0.2) is 40.7 Å². The molecule has 0 unspecified atom stereocenters. The average molecular weight is 439 g/mol. The summed E-state index contributed by atoms with van der Waals surface area (Å²) in [5, 5.41) is 18.8. The smallest absolute Gasteiger partial charge is 0.326 e. The number of hydrogen-bond donors (Lipinski definition) is 4. The van der Waals surface area contributed by atoms with Crippen LogP contribution in [0.2, 0.25) is 5.02 Å². The summed E-state index contributed by atoms with van der Waals surface area (Å²) in [6, 6.07) is 7.66. The number of anilines is 1. The molecule has 0 saturated heterocycles. The number of imidazole rings is 1. The molecule has 3 heterocycles. The highest BCUT2D eigenvalue weighted by molar-refractivity contribution is 6.31. The lowest BCUT2D eigenvalue weighted by Gasteiger charge is -2.15. The zero-order valence-electron chi connectivity index (χ0n) is 16.5. The lowest BCUT2D eigenvalue weighted by molar-refractivity contribution is 0.454. The van der Waals surface area contributed by atoms with Crippen molar-refractivity contribution in [2.75, 3.05) is 5.32 Å². The molecule has 1 aliphatic carbocycles. The molecule has 158 valence electrons. The molecule has 1 saturated carbocycles. The van der Waals surface area contributed by atoms with Gasteiger partial charge in [-0.25, -0.2) is 9.79 Å². The van der Waals surface area contributed by atoms with Gasteiger partial charge in [0.15, 0.2) is 5.65 Å². The summed E-state index contributed by atoms with van der Waals surface area (Å²) >= 11 is 6.33. The molecule has 1 aliphatic rings. The molecule has 1 atom stereocenters. The van der Waals surface area contributed by atoms with Gasteiger partial charge in [-0.1, -0.05) is 29.8 Å². The van der Waals surface area contributed by atoms with Gasteiger partial charge in [-0.15, -0.1) is 0 Å². The summed E-state index contributed by atoms with van der Waals surface area (Å²) in [5.74, 6) is 0.119. The Bertz CT molecular complexity index is 1450. The molecule has 1 fully saturated rings. The number of H-pyrrole nitrogens is 2. The molecule has 5 rings (SSSR count). The first kappa shape index (κ1) is 19.3. The fraction of sp³-hybridized carbons (Fsp3) is 0.250. The molecule has 10 nitrogen and oxygen atoms in total. The number of benzene rings is 1. The Morgan fingerprint density at radius 3 is 2.84 bits per heavy atom. The van der Waals surface area contributed by atoms with E-state index in [0.717, 1.165) is 18.4 Å². The van der Waals surface area contributed by atoms with Crippen LogP contribution in [0.3, 0.4) is 0 Å². The van der Waals surface area contributed by atoms with Crippen molar-refractivity contribution in [3.63, 3.8) is 0 Å². The van der Waals surface area contributed by atoms with Crippen LogP contribution in [0.25, 0.3) is 11.7 Å². The third-order valence-electron chi connectivity index (χ3n) is 4.98. The molecule has 4 aromatic rings. The fourth-order valence-electron chi connectivity index (χ4n) is 3.24. The summed E-state index contributed by atoms with van der Waals surface area (Å²) in [5.41, 5.74) is 1.58. The molecule has 1 aromatic carbocycles. The van der Waals surface area contributed by atoms with Crippen LogP contribution >= 0.6 is 11.6 Å². The standard InChI is InChI=1S/C20H19ClN8O2/c1-10(13-4-2-3-5-14(13)21)23-18-26-16-11(8-15-17(30)27-20(31)25-15)9-22-29(16)19(28-18)24-12-6-7-12/h2-5,8-10,12,30H,6-7H2,1H3,(H,23,24,28)(H2,25,27,31)/b11-8+/t10-/m1/s1. The number of aromatic nitrogens is 6. The molecular weight excluding hydrogens is 420 g/mol. The van der Waals surface area contributed by atoms with Crippen LogP contribution in [0.1, 0.15) is 37.1 Å². The second-order valence-corrected chi connectivity index (χ2v) is 7.82. The van der Waals surface area contributed by atoms with Crippen molar-refractivity contribution in [1.29, 1.82) is 0 Å². The molecule has 11 heteroatoms. The van der Waals surface area contributed by atoms with E-state index in [2.05, 4.69) is 35.3 Å². The van der Waals surface area contributed by atoms with E-state index in [1.54, 1.807) is 16.8 Å². The Hall–Kier alpha value is -3.66. The number of halogens is 1. The second kappa shape index (κ2) is 7.55. The van der Waals surface area contributed by atoms with Gasteiger partial charge in [0.05, 0.1) is 18.3 Å². The van der Waals surface area contributed by atoms with Crippen molar-refractivity contribution >= 4 is 29.3 Å². The van der Waals surface area contributed by atoms with E-state index in [-0.39, 0.29) is 23.7 Å². The van der Waals surface area contributed by atoms with Gasteiger partial charge in [-0.2, -0.15) is 19.6 Å². The number of rotatable bonds is 5. The maximum atomic E-state index is 11.4. The number of nitrogens with zero attached hydrogens (tertiary/aromatic N) is 5. The van der Waals surface area contributed by atoms with Crippen molar-refractivity contribution < 1.29 is 5.11 Å². The summed E-state index contributed by atoms with van der Waals surface area (Å²) < 4.78 is 1.55. The van der Waals surface area contributed by atoms with E-state index in [4.69, 9.17) is 11.6 Å². The predicted molar refractivity (Wildman–Crippen MR) is 115 cm³/mol. The van der Waals surface area contributed by atoms with Crippen LogP contribution < -0.4 is 21.8 Å². The minimum atomic E-state index is -0.504. The van der Waals surface area contributed by atoms with Crippen molar-refractivity contribution in [3.05, 3.63) is 68.1 Å². The molecule has 0 spiro atoms. The summed E-state index contributed by atoms with van der Waals surface area (Å²) in [4.78, 5) is 30.1. The zero-order valence-corrected chi connectivity index (χ0v) is 17.3. The van der Waals surface area contributed by atoms with E-state index in [0.29, 0.717) is 27.5 Å². The van der Waals surface area contributed by atoms with Crippen molar-refractivity contribution in [2.45, 2.75) is 31.8 Å². The van der Waals surface area contributed by atoms with Gasteiger partial charge >= 0.3 is 5.69 Å². The van der Waals surface area contributed by atoms with Crippen LogP contribution in [-0.2, 0) is 0 Å². The number of aromatic amines is 2. The van der Waals surface area contributed by atoms with E-state index in [1.165, 1.54) is 0 Å². The largest absolute Gasteiger partial charge is 0.493 e. The van der Waals surface area contributed by atoms with Crippen LogP contribution in [0.5, 0.6) is 5.88 Å². The molecule has 31 heavy (non-hydrogen) atoms. The quantitative estimate of drug-likeness (QED) is 0.370. The maximum Gasteiger partial charge on any atom is 0.326 e. The summed E-state index contributed by atoms with van der Waals surface area (Å²) in [7, 11) is 0. The highest BCUT2D eigenvalue weighted by Crippen LogP contribution is 2.25. The van der Waals surface area contributed by atoms with Crippen LogP contribution in [0.15, 0.2) is 40.2 Å². The SMILES string of the molecule is C[C@@H](Nc1nc(=NC2CC2)n2nc/c(=C\c3[nH]c(=O)[nH]c3O)c2n1)c1ccccc1Cl. The minimum absolute atomic E-state index is 0.148. The Kier molecular flexibility index (Phi) is 4.70. The summed E-state index contributed by atoms with van der Waals surface area (Å²) in [6.45, 7) is 1.97. The Labute approximate surface area is 180 Å². The molecule has 0 radical (unpaired) electrons. The Morgan fingerprint density at radius 1 is 1.32 bits per heavy atom. The lowest BCUT2D eigenvalue weighted by Crippen LogP contribution is -2.25. The number of aromatic hydroxyl groups is 1. The highest BCUT2D eigenvalue weighted by Gasteiger charge is 2.21. The number of fused-ring (bicyclic) bond motifs is 1. The molecule has 0 aliphatic heterocycles. The third kappa shape index (κ3) is 3.89. The van der Waals surface area contributed by atoms with E-state index in [9.17, 15) is 9.90 Å². The van der Waals surface area contributed by atoms with Crippen molar-refractivity contribution in [1.82, 2.24) is 29.5 Å². The molecule has 3 aromatic heterocycles. The highest BCUT2D eigenvalue weighted by atomic mass is 35.5. The minimum Gasteiger partial charge on any atom is -0.493 e. The van der Waals surface area contributed by atoms with E-state index >= 15 is 0 Å². The third-order valence-corrected chi connectivity index (χ3v) is 5.32. The van der Waals surface area contributed by atoms with E-state index < -0.39 is 5.69 Å². The first-order valence-corrected chi connectivity index (χ1v) is 10.2. The fourth-order valence-corrected chi connectivity index (χ4v) is 3.54. The number of nitrogens with one attached hydrogen (secondary N) is 3. The Balaban J connectivity index is 1.63. The van der Waals surface area contributed by atoms with Crippen molar-refractivity contribution in [3.8, 4) is 5.88 Å². The topological polar surface area (TPSA) is 136 Å². The van der Waals surface area contributed by atoms with Gasteiger partial charge in [0.1, 0.15) is 5.69 Å². The van der Waals surface area contributed by atoms with Crippen molar-refractivity contribution in [2.24, 2.45) is 4.99 Å². The molecule has 0 bridgehead atoms. The van der Waals surface area contributed by atoms with E-state index in [1.807, 2.05) is 31.2 Å². The van der Waals surface area contributed by atoms with Gasteiger partial charge in [0, 0.05) is 10.2 Å². The van der Waals surface area contributed by atoms with Gasteiger partial charge in [-0.05, 0) is 37.5 Å². The zero-order chi connectivity index (χ0) is 21.5. The van der Waals surface area contributed by atoms with Gasteiger partial charge < -0.3 is 15.4 Å². The monoisotopic (exact) mass is 438 g/mol. The normalized spacial score (nSPS) is 16.2. The molecule has 0 amide bonds. The predicted octanol–water partition coefficient (Wildman–Crippen LogP) is 1.28. The van der Waals surface area contributed by atoms with Crippen LogP contribution in [0.4, 0.5) is 5.95 Å². The van der Waals surface area contributed by atoms with Gasteiger partial charge in [0.2, 0.25) is 11.8 Å². The maximum absolute atomic E-state index is 11.4. The number of hydrogen-bond acceptors (Lipinski definition) is 7. The summed E-state index contributed by atoms with van der Waals surface area (Å²) in [6.07, 6.45) is 5.21. The first-order valence-electron chi connectivity index (χ1n) is 9.81. The van der Waals surface area contributed by atoms with Crippen LogP contribution in [0, 0.1) is 0 Å². The molecular formula is C20H19ClN8O2. The lowest BCUT2D eigenvalue weighted by atomic mass is 10.1. The van der Waals surface area contributed by atoms with Gasteiger partial charge in [0.25, 0.3) is 5.62 Å². The Morgan fingerprint density at radius 2 is 2.13 bits per heavy atom. The average Bonchev–Trinajstić information content (AvgIpc) is 3.37.